The molecule has 0 saturated carbocycles. The molecular formula is C51H28N4O2. The molecule has 0 fully saturated rings. The molecule has 0 aliphatic carbocycles. The van der Waals surface area contributed by atoms with E-state index < -0.39 is 0 Å². The van der Waals surface area contributed by atoms with Gasteiger partial charge in [0, 0.05) is 38.6 Å². The third kappa shape index (κ3) is 5.90. The zero-order valence-electron chi connectivity index (χ0n) is 30.3. The number of furan rings is 2. The first-order chi connectivity index (χ1) is 28.0. The van der Waals surface area contributed by atoms with Gasteiger partial charge in [-0.3, -0.25) is 0 Å². The third-order valence-electron chi connectivity index (χ3n) is 10.6. The highest BCUT2D eigenvalue weighted by Crippen LogP contribution is 2.40. The molecule has 2 heterocycles. The number of rotatable bonds is 6. The molecule has 0 atom stereocenters. The van der Waals surface area contributed by atoms with Gasteiger partial charge in [-0.2, -0.15) is 15.8 Å². The Hall–Kier alpha value is -8.37. The van der Waals surface area contributed by atoms with Crippen molar-refractivity contribution in [3.63, 3.8) is 0 Å². The second-order valence-corrected chi connectivity index (χ2v) is 13.9. The van der Waals surface area contributed by atoms with Crippen LogP contribution >= 0.6 is 0 Å². The van der Waals surface area contributed by atoms with E-state index in [-0.39, 0.29) is 0 Å². The Bertz CT molecular complexity index is 3120. The Morgan fingerprint density at radius 2 is 0.579 bits per heavy atom. The molecule has 0 spiro atoms. The Morgan fingerprint density at radius 1 is 0.298 bits per heavy atom. The molecule has 0 radical (unpaired) electrons. The van der Waals surface area contributed by atoms with Gasteiger partial charge in [0.05, 0.1) is 34.9 Å². The molecule has 0 bridgehead atoms. The summed E-state index contributed by atoms with van der Waals surface area (Å²) in [7, 11) is 0. The van der Waals surface area contributed by atoms with E-state index in [9.17, 15) is 15.8 Å². The maximum absolute atomic E-state index is 9.36. The second kappa shape index (κ2) is 13.5. The van der Waals surface area contributed by atoms with E-state index in [2.05, 4.69) is 132 Å². The van der Waals surface area contributed by atoms with Crippen LogP contribution in [0.25, 0.3) is 77.3 Å². The Kier molecular flexibility index (Phi) is 7.86. The van der Waals surface area contributed by atoms with Crippen molar-refractivity contribution >= 4 is 60.9 Å². The van der Waals surface area contributed by atoms with Crippen LogP contribution in [0, 0.1) is 34.0 Å². The first-order valence-corrected chi connectivity index (χ1v) is 18.4. The van der Waals surface area contributed by atoms with Gasteiger partial charge in [0.15, 0.2) is 0 Å². The van der Waals surface area contributed by atoms with Gasteiger partial charge in [-0.15, -0.1) is 0 Å². The molecule has 0 N–H and O–H groups in total. The van der Waals surface area contributed by atoms with Gasteiger partial charge in [-0.25, -0.2) is 0 Å². The summed E-state index contributed by atoms with van der Waals surface area (Å²) in [5.74, 6) is 0. The lowest BCUT2D eigenvalue weighted by atomic mass is 10.0. The number of hydrogen-bond acceptors (Lipinski definition) is 6. The van der Waals surface area contributed by atoms with Crippen LogP contribution in [0.15, 0.2) is 179 Å². The number of nitriles is 3. The Labute approximate surface area is 327 Å². The molecule has 10 aromatic rings. The predicted molar refractivity (Wildman–Crippen MR) is 226 cm³/mol. The van der Waals surface area contributed by atoms with Crippen LogP contribution in [0.3, 0.4) is 0 Å². The van der Waals surface area contributed by atoms with Gasteiger partial charge >= 0.3 is 0 Å². The largest absolute Gasteiger partial charge is 0.456 e. The second-order valence-electron chi connectivity index (χ2n) is 13.9. The van der Waals surface area contributed by atoms with E-state index in [0.29, 0.717) is 27.9 Å². The van der Waals surface area contributed by atoms with Crippen molar-refractivity contribution in [3.8, 4) is 51.6 Å². The van der Waals surface area contributed by atoms with E-state index in [0.717, 1.165) is 83.2 Å². The summed E-state index contributed by atoms with van der Waals surface area (Å²) in [5, 5.41) is 32.0. The highest BCUT2D eigenvalue weighted by atomic mass is 16.3. The summed E-state index contributed by atoms with van der Waals surface area (Å²) in [6, 6.07) is 63.3. The molecule has 0 aliphatic heterocycles. The highest BCUT2D eigenvalue weighted by Gasteiger charge is 2.16. The van der Waals surface area contributed by atoms with E-state index in [1.54, 1.807) is 12.1 Å². The van der Waals surface area contributed by atoms with Crippen molar-refractivity contribution in [3.05, 3.63) is 187 Å². The minimum atomic E-state index is 0.571. The molecule has 6 nitrogen and oxygen atoms in total. The van der Waals surface area contributed by atoms with Gasteiger partial charge in [0.25, 0.3) is 0 Å². The normalized spacial score (nSPS) is 11.1. The minimum absolute atomic E-state index is 0.571. The Balaban J connectivity index is 1.00. The van der Waals surface area contributed by atoms with Crippen LogP contribution in [0.5, 0.6) is 0 Å². The SMILES string of the molecule is N#Cc1ccc(-c2ccc(N(c3ccc(-c4ccc5c(c4)oc4cc(C#N)ccc45)cc3)c3ccc(-c4ccc5c(c4)oc4cc(C#N)ccc45)cc3)cc2)cc1. The molecule has 6 heteroatoms. The monoisotopic (exact) mass is 728 g/mol. The van der Waals surface area contributed by atoms with Crippen molar-refractivity contribution in [2.45, 2.75) is 0 Å². The van der Waals surface area contributed by atoms with E-state index in [1.165, 1.54) is 0 Å². The first kappa shape index (κ1) is 33.2. The smallest absolute Gasteiger partial charge is 0.136 e. The summed E-state index contributed by atoms with van der Waals surface area (Å²) in [5.41, 5.74) is 14.0. The fraction of sp³-hybridized carbons (Fsp3) is 0. The van der Waals surface area contributed by atoms with Gasteiger partial charge < -0.3 is 13.7 Å². The van der Waals surface area contributed by atoms with Crippen molar-refractivity contribution in [1.29, 1.82) is 15.8 Å². The lowest BCUT2D eigenvalue weighted by Crippen LogP contribution is -2.09. The lowest BCUT2D eigenvalue weighted by molar-refractivity contribution is 0.668. The van der Waals surface area contributed by atoms with Crippen molar-refractivity contribution < 1.29 is 8.83 Å². The number of nitrogens with zero attached hydrogens (tertiary/aromatic N) is 4. The molecule has 10 rings (SSSR count). The lowest BCUT2D eigenvalue weighted by Gasteiger charge is -2.26. The maximum Gasteiger partial charge on any atom is 0.136 e. The molecule has 0 saturated heterocycles. The molecule has 0 unspecified atom stereocenters. The number of fused-ring (bicyclic) bond motifs is 6. The molecular weight excluding hydrogens is 701 g/mol. The predicted octanol–water partition coefficient (Wildman–Crippen LogP) is 13.6. The number of benzene rings is 8. The highest BCUT2D eigenvalue weighted by molar-refractivity contribution is 6.07. The summed E-state index contributed by atoms with van der Waals surface area (Å²) < 4.78 is 12.4. The fourth-order valence-corrected chi connectivity index (χ4v) is 7.65. The maximum atomic E-state index is 9.36. The molecule has 0 aliphatic rings. The van der Waals surface area contributed by atoms with Crippen molar-refractivity contribution in [1.82, 2.24) is 0 Å². The number of anilines is 3. The van der Waals surface area contributed by atoms with Gasteiger partial charge in [-0.1, -0.05) is 60.7 Å². The fourth-order valence-electron chi connectivity index (χ4n) is 7.65. The van der Waals surface area contributed by atoms with Crippen LogP contribution in [-0.2, 0) is 0 Å². The van der Waals surface area contributed by atoms with Crippen LogP contribution in [0.2, 0.25) is 0 Å². The topological polar surface area (TPSA) is 101 Å². The minimum Gasteiger partial charge on any atom is -0.456 e. The van der Waals surface area contributed by atoms with Crippen molar-refractivity contribution in [2.24, 2.45) is 0 Å². The summed E-state index contributed by atoms with van der Waals surface area (Å²) >= 11 is 0. The first-order valence-electron chi connectivity index (χ1n) is 18.4. The zero-order chi connectivity index (χ0) is 38.5. The van der Waals surface area contributed by atoms with Crippen molar-refractivity contribution in [2.75, 3.05) is 4.90 Å². The van der Waals surface area contributed by atoms with Crippen LogP contribution in [0.1, 0.15) is 16.7 Å². The van der Waals surface area contributed by atoms with Crippen LogP contribution < -0.4 is 4.90 Å². The van der Waals surface area contributed by atoms with Crippen LogP contribution in [-0.4, -0.2) is 0 Å². The number of hydrogen-bond donors (Lipinski definition) is 0. The van der Waals surface area contributed by atoms with E-state index in [1.807, 2.05) is 48.5 Å². The Morgan fingerprint density at radius 3 is 0.947 bits per heavy atom. The summed E-state index contributed by atoms with van der Waals surface area (Å²) in [6.45, 7) is 0. The van der Waals surface area contributed by atoms with E-state index in [4.69, 9.17) is 8.83 Å². The molecule has 2 aromatic heterocycles. The molecule has 8 aromatic carbocycles. The molecule has 0 amide bonds. The summed E-state index contributed by atoms with van der Waals surface area (Å²) in [6.07, 6.45) is 0. The average molecular weight is 729 g/mol. The van der Waals surface area contributed by atoms with Gasteiger partial charge in [-0.05, 0) is 143 Å². The van der Waals surface area contributed by atoms with Gasteiger partial charge in [0.2, 0.25) is 0 Å². The standard InChI is InChI=1S/C51H28N4O2/c52-29-32-1-5-35(6-2-32)36-7-15-41(16-8-36)55(42-17-9-37(10-18-42)39-13-23-46-44-21-3-33(30-53)25-48(44)56-50(46)27-39)43-19-11-38(12-20-43)40-14-24-47-45-22-4-34(31-54)26-49(45)57-51(47)28-40/h1-28H. The zero-order valence-corrected chi connectivity index (χ0v) is 30.3. The molecule has 57 heavy (non-hydrogen) atoms. The quantitative estimate of drug-likeness (QED) is 0.169. The summed E-state index contributed by atoms with van der Waals surface area (Å²) in [4.78, 5) is 2.24. The van der Waals surface area contributed by atoms with Gasteiger partial charge in [0.1, 0.15) is 22.3 Å². The third-order valence-corrected chi connectivity index (χ3v) is 10.6. The van der Waals surface area contributed by atoms with Crippen LogP contribution in [0.4, 0.5) is 17.1 Å². The van der Waals surface area contributed by atoms with E-state index >= 15 is 0 Å². The molecule has 264 valence electrons. The average Bonchev–Trinajstić information content (AvgIpc) is 3.83.